The van der Waals surface area contributed by atoms with Crippen molar-refractivity contribution in [1.29, 1.82) is 0 Å². The average Bonchev–Trinajstić information content (AvgIpc) is 3.59. The van der Waals surface area contributed by atoms with Crippen LogP contribution in [0.15, 0.2) is 67.3 Å². The van der Waals surface area contributed by atoms with E-state index in [-0.39, 0.29) is 13.4 Å². The number of hydrogen-bond donors (Lipinski definition) is 1. The Bertz CT molecular complexity index is 1450. The third-order valence-corrected chi connectivity index (χ3v) is 7.20. The fourth-order valence-electron chi connectivity index (χ4n) is 5.52. The highest BCUT2D eigenvalue weighted by atomic mass is 16.7. The maximum atomic E-state index is 13.9. The van der Waals surface area contributed by atoms with Crippen LogP contribution < -0.4 is 23.7 Å². The molecule has 0 saturated heterocycles. The zero-order valence-electron chi connectivity index (χ0n) is 23.0. The number of fused-ring (bicyclic) bond motifs is 2. The molecule has 0 aromatic heterocycles. The van der Waals surface area contributed by atoms with Crippen molar-refractivity contribution in [3.05, 3.63) is 89.5 Å². The van der Waals surface area contributed by atoms with Crippen LogP contribution in [0.1, 0.15) is 47.4 Å². The first-order chi connectivity index (χ1) is 19.9. The summed E-state index contributed by atoms with van der Waals surface area (Å²) >= 11 is 0. The number of aliphatic carboxylic acids is 1. The Balaban J connectivity index is 1.71. The summed E-state index contributed by atoms with van der Waals surface area (Å²) in [5.74, 6) is -0.560. The van der Waals surface area contributed by atoms with Gasteiger partial charge in [0.25, 0.3) is 0 Å². The van der Waals surface area contributed by atoms with E-state index in [1.54, 1.807) is 18.2 Å². The van der Waals surface area contributed by atoms with Crippen LogP contribution in [0, 0.1) is 5.92 Å². The summed E-state index contributed by atoms with van der Waals surface area (Å²) in [5.41, 5.74) is 3.25. The fourth-order valence-corrected chi connectivity index (χ4v) is 5.52. The molecule has 214 valence electrons. The van der Waals surface area contributed by atoms with Crippen LogP contribution in [0.2, 0.25) is 0 Å². The van der Waals surface area contributed by atoms with Crippen molar-refractivity contribution in [2.75, 3.05) is 33.7 Å². The number of esters is 1. The van der Waals surface area contributed by atoms with Crippen LogP contribution in [0.4, 0.5) is 0 Å². The summed E-state index contributed by atoms with van der Waals surface area (Å²) in [4.78, 5) is 25.4. The van der Waals surface area contributed by atoms with Gasteiger partial charge in [0.1, 0.15) is 23.9 Å². The average molecular weight is 561 g/mol. The molecule has 0 saturated carbocycles. The molecule has 41 heavy (non-hydrogen) atoms. The molecule has 0 unspecified atom stereocenters. The van der Waals surface area contributed by atoms with Crippen LogP contribution in [-0.2, 0) is 14.3 Å². The van der Waals surface area contributed by atoms with Crippen molar-refractivity contribution in [3.63, 3.8) is 0 Å². The van der Waals surface area contributed by atoms with Gasteiger partial charge in [-0.15, -0.1) is 0 Å². The first-order valence-corrected chi connectivity index (χ1v) is 13.4. The predicted octanol–water partition coefficient (Wildman–Crippen LogP) is 5.30. The van der Waals surface area contributed by atoms with Gasteiger partial charge in [-0.05, 0) is 53.4 Å². The minimum atomic E-state index is -1.12. The Morgan fingerprint density at radius 1 is 0.951 bits per heavy atom. The lowest BCUT2D eigenvalue weighted by Gasteiger charge is -2.26. The van der Waals surface area contributed by atoms with Crippen molar-refractivity contribution >= 4 is 11.9 Å². The number of carboxylic acids is 1. The Morgan fingerprint density at radius 3 is 2.49 bits per heavy atom. The van der Waals surface area contributed by atoms with E-state index in [4.69, 9.17) is 28.4 Å². The molecule has 9 nitrogen and oxygen atoms in total. The third-order valence-electron chi connectivity index (χ3n) is 7.20. The van der Waals surface area contributed by atoms with Crippen molar-refractivity contribution in [2.45, 2.75) is 25.2 Å². The number of carboxylic acid groups (broad SMARTS) is 1. The zero-order chi connectivity index (χ0) is 28.9. The number of carbonyl (C=O) groups excluding carboxylic acids is 1. The SMILES string of the molecule is C=CCOC(=O)[C@H]1[C@H](c2ccc(OC)cc2OCC(=O)O)c2cc(OCCC)ccc2[C@@H]1c1ccc2c(c1)OCO2. The predicted molar refractivity (Wildman–Crippen MR) is 149 cm³/mol. The molecule has 0 fully saturated rings. The van der Waals surface area contributed by atoms with E-state index in [2.05, 4.69) is 6.58 Å². The lowest BCUT2D eigenvalue weighted by atomic mass is 9.79. The molecule has 1 aliphatic heterocycles. The summed E-state index contributed by atoms with van der Waals surface area (Å²) in [6.07, 6.45) is 2.36. The van der Waals surface area contributed by atoms with Crippen LogP contribution in [-0.4, -0.2) is 50.8 Å². The lowest BCUT2D eigenvalue weighted by Crippen LogP contribution is -2.27. The van der Waals surface area contributed by atoms with E-state index in [9.17, 15) is 14.7 Å². The maximum Gasteiger partial charge on any atom is 0.341 e. The van der Waals surface area contributed by atoms with Gasteiger partial charge in [-0.3, -0.25) is 4.79 Å². The zero-order valence-corrected chi connectivity index (χ0v) is 23.0. The molecular weight excluding hydrogens is 528 g/mol. The highest BCUT2D eigenvalue weighted by Gasteiger charge is 2.48. The topological polar surface area (TPSA) is 110 Å². The van der Waals surface area contributed by atoms with Gasteiger partial charge in [-0.1, -0.05) is 37.8 Å². The second-order valence-corrected chi connectivity index (χ2v) is 9.74. The largest absolute Gasteiger partial charge is 0.497 e. The lowest BCUT2D eigenvalue weighted by molar-refractivity contribution is -0.148. The molecule has 5 rings (SSSR count). The minimum Gasteiger partial charge on any atom is -0.497 e. The second-order valence-electron chi connectivity index (χ2n) is 9.74. The van der Waals surface area contributed by atoms with Gasteiger partial charge in [0, 0.05) is 23.5 Å². The molecule has 2 aliphatic rings. The van der Waals surface area contributed by atoms with Crippen LogP contribution in [0.5, 0.6) is 28.7 Å². The number of rotatable bonds is 12. The van der Waals surface area contributed by atoms with Gasteiger partial charge in [-0.2, -0.15) is 0 Å². The number of hydrogen-bond acceptors (Lipinski definition) is 8. The van der Waals surface area contributed by atoms with E-state index >= 15 is 0 Å². The summed E-state index contributed by atoms with van der Waals surface area (Å²) in [7, 11) is 1.52. The molecule has 0 radical (unpaired) electrons. The van der Waals surface area contributed by atoms with E-state index in [1.807, 2.05) is 43.3 Å². The Labute approximate surface area is 238 Å². The van der Waals surface area contributed by atoms with Crippen molar-refractivity contribution < 1.29 is 43.1 Å². The van der Waals surface area contributed by atoms with Crippen molar-refractivity contribution in [1.82, 2.24) is 0 Å². The Morgan fingerprint density at radius 2 is 1.73 bits per heavy atom. The van der Waals surface area contributed by atoms with E-state index < -0.39 is 36.3 Å². The molecule has 3 atom stereocenters. The highest BCUT2D eigenvalue weighted by Crippen LogP contribution is 2.56. The van der Waals surface area contributed by atoms with Crippen LogP contribution >= 0.6 is 0 Å². The molecule has 1 N–H and O–H groups in total. The molecule has 3 aromatic carbocycles. The van der Waals surface area contributed by atoms with E-state index in [0.29, 0.717) is 40.9 Å². The van der Waals surface area contributed by atoms with Gasteiger partial charge < -0.3 is 33.5 Å². The van der Waals surface area contributed by atoms with Gasteiger partial charge >= 0.3 is 11.9 Å². The summed E-state index contributed by atoms with van der Waals surface area (Å²) in [6, 6.07) is 16.7. The van der Waals surface area contributed by atoms with Gasteiger partial charge in [0.05, 0.1) is 19.6 Å². The molecule has 0 amide bonds. The van der Waals surface area contributed by atoms with Crippen molar-refractivity contribution in [2.24, 2.45) is 5.92 Å². The molecule has 0 bridgehead atoms. The molecule has 1 aliphatic carbocycles. The van der Waals surface area contributed by atoms with Gasteiger partial charge in [-0.25, -0.2) is 4.79 Å². The van der Waals surface area contributed by atoms with Crippen LogP contribution in [0.3, 0.4) is 0 Å². The van der Waals surface area contributed by atoms with E-state index in [0.717, 1.165) is 23.1 Å². The summed E-state index contributed by atoms with van der Waals surface area (Å²) in [5, 5.41) is 9.36. The third kappa shape index (κ3) is 5.66. The fraction of sp³-hybridized carbons (Fsp3) is 0.312. The molecular formula is C32H32O9. The summed E-state index contributed by atoms with van der Waals surface area (Å²) < 4.78 is 34.0. The first-order valence-electron chi connectivity index (χ1n) is 13.4. The quantitative estimate of drug-likeness (QED) is 0.233. The van der Waals surface area contributed by atoms with Gasteiger partial charge in [0.2, 0.25) is 6.79 Å². The number of methoxy groups -OCH3 is 1. The Hall–Kier alpha value is -4.66. The normalized spacial score (nSPS) is 18.3. The first kappa shape index (κ1) is 27.9. The molecule has 0 spiro atoms. The Kier molecular flexibility index (Phi) is 8.33. The second kappa shape index (κ2) is 12.2. The monoisotopic (exact) mass is 560 g/mol. The van der Waals surface area contributed by atoms with E-state index in [1.165, 1.54) is 13.2 Å². The smallest absolute Gasteiger partial charge is 0.341 e. The molecule has 3 aromatic rings. The standard InChI is InChI=1S/C32H32O9/c1-4-12-37-21-8-9-22-24(15-21)30(23-10-7-20(36-3)16-26(23)39-17-28(33)34)31(32(35)38-13-5-2)29(22)19-6-11-25-27(14-19)41-18-40-25/h5-11,14-16,29-31H,2,4,12-13,17-18H2,1,3H3,(H,33,34)/t29-,30+,31+/m0/s1. The number of ether oxygens (including phenoxy) is 6. The van der Waals surface area contributed by atoms with Crippen molar-refractivity contribution in [3.8, 4) is 28.7 Å². The highest BCUT2D eigenvalue weighted by molar-refractivity contribution is 5.80. The van der Waals surface area contributed by atoms with Crippen LogP contribution in [0.25, 0.3) is 0 Å². The maximum absolute atomic E-state index is 13.9. The number of benzene rings is 3. The molecule has 1 heterocycles. The molecule has 9 heteroatoms. The summed E-state index contributed by atoms with van der Waals surface area (Å²) in [6.45, 7) is 5.87. The number of carbonyl (C=O) groups is 2. The van der Waals surface area contributed by atoms with Gasteiger partial charge in [0.15, 0.2) is 18.1 Å². The minimum absolute atomic E-state index is 0.0438.